The van der Waals surface area contributed by atoms with E-state index in [4.69, 9.17) is 10.8 Å². The van der Waals surface area contributed by atoms with Crippen LogP contribution in [-0.2, 0) is 16.6 Å². The van der Waals surface area contributed by atoms with Gasteiger partial charge in [0.2, 0.25) is 5.91 Å². The van der Waals surface area contributed by atoms with Gasteiger partial charge < -0.3 is 16.2 Å². The van der Waals surface area contributed by atoms with Gasteiger partial charge >= 0.3 is 5.97 Å². The molecule has 1 aromatic heterocycles. The number of carbonyl (C=O) groups excluding carboxylic acids is 1. The summed E-state index contributed by atoms with van der Waals surface area (Å²) < 4.78 is 1.52. The van der Waals surface area contributed by atoms with Gasteiger partial charge in [0.25, 0.3) is 0 Å². The highest BCUT2D eigenvalue weighted by atomic mass is 16.4. The van der Waals surface area contributed by atoms with Crippen LogP contribution in [0.4, 0.5) is 0 Å². The van der Waals surface area contributed by atoms with Crippen LogP contribution >= 0.6 is 0 Å². The van der Waals surface area contributed by atoms with Crippen molar-refractivity contribution in [3.05, 3.63) is 18.0 Å². The largest absolute Gasteiger partial charge is 0.480 e. The van der Waals surface area contributed by atoms with Crippen molar-refractivity contribution in [1.29, 1.82) is 0 Å². The third-order valence-electron chi connectivity index (χ3n) is 2.34. The van der Waals surface area contributed by atoms with Crippen LogP contribution < -0.4 is 11.1 Å². The average molecular weight is 240 g/mol. The Bertz CT molecular complexity index is 439. The second-order valence-electron chi connectivity index (χ2n) is 4.34. The maximum atomic E-state index is 11.7. The number of carbonyl (C=O) groups is 2. The SMILES string of the molecule is Cn1cc(C(N)C(=O)NC(C)(C)C(=O)O)cn1. The van der Waals surface area contributed by atoms with E-state index in [0.717, 1.165) is 0 Å². The van der Waals surface area contributed by atoms with Crippen LogP contribution in [0.5, 0.6) is 0 Å². The van der Waals surface area contributed by atoms with Gasteiger partial charge in [0.05, 0.1) is 6.20 Å². The molecule has 0 spiro atoms. The summed E-state index contributed by atoms with van der Waals surface area (Å²) in [5.74, 6) is -1.67. The Morgan fingerprint density at radius 3 is 2.59 bits per heavy atom. The molecule has 0 fully saturated rings. The summed E-state index contributed by atoms with van der Waals surface area (Å²) in [6.45, 7) is 2.78. The first-order chi connectivity index (χ1) is 7.74. The van der Waals surface area contributed by atoms with Gasteiger partial charge in [0, 0.05) is 18.8 Å². The van der Waals surface area contributed by atoms with E-state index < -0.39 is 23.5 Å². The first-order valence-corrected chi connectivity index (χ1v) is 5.03. The summed E-state index contributed by atoms with van der Waals surface area (Å²) in [6, 6.07) is -0.928. The Balaban J connectivity index is 2.75. The summed E-state index contributed by atoms with van der Waals surface area (Å²) in [5, 5.41) is 15.1. The van der Waals surface area contributed by atoms with Gasteiger partial charge in [-0.2, -0.15) is 5.10 Å². The third-order valence-corrected chi connectivity index (χ3v) is 2.34. The van der Waals surface area contributed by atoms with Gasteiger partial charge in [-0.1, -0.05) is 0 Å². The van der Waals surface area contributed by atoms with E-state index in [1.54, 1.807) is 13.2 Å². The molecule has 0 aliphatic carbocycles. The minimum Gasteiger partial charge on any atom is -0.480 e. The number of carboxylic acids is 1. The van der Waals surface area contributed by atoms with Crippen molar-refractivity contribution in [2.24, 2.45) is 12.8 Å². The van der Waals surface area contributed by atoms with E-state index >= 15 is 0 Å². The number of nitrogens with zero attached hydrogens (tertiary/aromatic N) is 2. The number of hydrogen-bond acceptors (Lipinski definition) is 4. The Morgan fingerprint density at radius 1 is 1.59 bits per heavy atom. The standard InChI is InChI=1S/C10H16N4O3/c1-10(2,9(16)17)13-8(15)7(11)6-4-12-14(3)5-6/h4-5,7H,11H2,1-3H3,(H,13,15)(H,16,17). The molecule has 0 aliphatic rings. The van der Waals surface area contributed by atoms with Crippen molar-refractivity contribution in [2.75, 3.05) is 0 Å². The molecule has 4 N–H and O–H groups in total. The summed E-state index contributed by atoms with van der Waals surface area (Å²) in [7, 11) is 1.70. The second-order valence-corrected chi connectivity index (χ2v) is 4.34. The number of nitrogens with two attached hydrogens (primary N) is 1. The highest BCUT2D eigenvalue weighted by molar-refractivity contribution is 5.89. The number of aliphatic carboxylic acids is 1. The number of aromatic nitrogens is 2. The zero-order chi connectivity index (χ0) is 13.2. The molecule has 1 heterocycles. The number of carboxylic acid groups (broad SMARTS) is 1. The van der Waals surface area contributed by atoms with Crippen LogP contribution in [-0.4, -0.2) is 32.3 Å². The number of aryl methyl sites for hydroxylation is 1. The zero-order valence-electron chi connectivity index (χ0n) is 9.97. The van der Waals surface area contributed by atoms with E-state index in [9.17, 15) is 9.59 Å². The van der Waals surface area contributed by atoms with Crippen molar-refractivity contribution >= 4 is 11.9 Å². The molecule has 0 aromatic carbocycles. The Kier molecular flexibility index (Phi) is 3.52. The fourth-order valence-corrected chi connectivity index (χ4v) is 1.19. The van der Waals surface area contributed by atoms with Crippen LogP contribution in [0, 0.1) is 0 Å². The number of amides is 1. The summed E-state index contributed by atoms with van der Waals surface area (Å²) in [6.07, 6.45) is 3.08. The summed E-state index contributed by atoms with van der Waals surface area (Å²) in [5.41, 5.74) is 4.88. The highest BCUT2D eigenvalue weighted by Crippen LogP contribution is 2.11. The maximum absolute atomic E-state index is 11.7. The van der Waals surface area contributed by atoms with Crippen molar-refractivity contribution in [2.45, 2.75) is 25.4 Å². The molecule has 94 valence electrons. The molecule has 0 saturated heterocycles. The van der Waals surface area contributed by atoms with Crippen molar-refractivity contribution in [3.8, 4) is 0 Å². The number of nitrogens with one attached hydrogen (secondary N) is 1. The Labute approximate surface area is 98.6 Å². The zero-order valence-corrected chi connectivity index (χ0v) is 9.97. The lowest BCUT2D eigenvalue weighted by Crippen LogP contribution is -2.52. The lowest BCUT2D eigenvalue weighted by Gasteiger charge is -2.22. The van der Waals surface area contributed by atoms with Crippen LogP contribution in [0.25, 0.3) is 0 Å². The monoisotopic (exact) mass is 240 g/mol. The van der Waals surface area contributed by atoms with Gasteiger partial charge in [-0.25, -0.2) is 4.79 Å². The normalized spacial score (nSPS) is 13.2. The molecular weight excluding hydrogens is 224 g/mol. The fourth-order valence-electron chi connectivity index (χ4n) is 1.19. The Hall–Kier alpha value is -1.89. The van der Waals surface area contributed by atoms with E-state index in [-0.39, 0.29) is 0 Å². The molecule has 0 bridgehead atoms. The van der Waals surface area contributed by atoms with E-state index in [0.29, 0.717) is 5.56 Å². The molecule has 0 radical (unpaired) electrons. The van der Waals surface area contributed by atoms with Crippen LogP contribution in [0.1, 0.15) is 25.5 Å². The molecule has 7 heteroatoms. The molecule has 17 heavy (non-hydrogen) atoms. The molecule has 0 aliphatic heterocycles. The maximum Gasteiger partial charge on any atom is 0.328 e. The topological polar surface area (TPSA) is 110 Å². The molecule has 1 atom stereocenters. The van der Waals surface area contributed by atoms with Crippen LogP contribution in [0.15, 0.2) is 12.4 Å². The molecule has 1 amide bonds. The molecular formula is C10H16N4O3. The quantitative estimate of drug-likeness (QED) is 0.651. The minimum absolute atomic E-state index is 0.534. The molecule has 1 aromatic rings. The molecule has 1 unspecified atom stereocenters. The highest BCUT2D eigenvalue weighted by Gasteiger charge is 2.31. The van der Waals surface area contributed by atoms with Gasteiger partial charge in [-0.3, -0.25) is 9.48 Å². The average Bonchev–Trinajstić information content (AvgIpc) is 2.62. The fraction of sp³-hybridized carbons (Fsp3) is 0.500. The smallest absolute Gasteiger partial charge is 0.328 e. The Morgan fingerprint density at radius 2 is 2.18 bits per heavy atom. The molecule has 1 rings (SSSR count). The minimum atomic E-state index is -1.35. The second kappa shape index (κ2) is 4.54. The van der Waals surface area contributed by atoms with Crippen molar-refractivity contribution in [3.63, 3.8) is 0 Å². The van der Waals surface area contributed by atoms with E-state index in [1.165, 1.54) is 24.7 Å². The number of hydrogen-bond donors (Lipinski definition) is 3. The first-order valence-electron chi connectivity index (χ1n) is 5.03. The first kappa shape index (κ1) is 13.2. The van der Waals surface area contributed by atoms with Crippen molar-refractivity contribution in [1.82, 2.24) is 15.1 Å². The molecule has 0 saturated carbocycles. The van der Waals surface area contributed by atoms with E-state index in [1.807, 2.05) is 0 Å². The van der Waals surface area contributed by atoms with Crippen LogP contribution in [0.2, 0.25) is 0 Å². The molecule has 7 nitrogen and oxygen atoms in total. The van der Waals surface area contributed by atoms with Gasteiger partial charge in [0.1, 0.15) is 11.6 Å². The predicted molar refractivity (Wildman–Crippen MR) is 60.0 cm³/mol. The predicted octanol–water partition coefficient (Wildman–Crippen LogP) is -0.601. The summed E-state index contributed by atoms with van der Waals surface area (Å²) in [4.78, 5) is 22.6. The third kappa shape index (κ3) is 3.04. The van der Waals surface area contributed by atoms with Crippen LogP contribution in [0.3, 0.4) is 0 Å². The lowest BCUT2D eigenvalue weighted by atomic mass is 10.0. The number of rotatable bonds is 4. The van der Waals surface area contributed by atoms with Gasteiger partial charge in [0.15, 0.2) is 0 Å². The van der Waals surface area contributed by atoms with Crippen molar-refractivity contribution < 1.29 is 14.7 Å². The lowest BCUT2D eigenvalue weighted by molar-refractivity contribution is -0.146. The van der Waals surface area contributed by atoms with Gasteiger partial charge in [-0.05, 0) is 13.8 Å². The van der Waals surface area contributed by atoms with E-state index in [2.05, 4.69) is 10.4 Å². The summed E-state index contributed by atoms with van der Waals surface area (Å²) >= 11 is 0. The van der Waals surface area contributed by atoms with Gasteiger partial charge in [-0.15, -0.1) is 0 Å².